The van der Waals surface area contributed by atoms with Gasteiger partial charge in [-0.1, -0.05) is 23.2 Å². The summed E-state index contributed by atoms with van der Waals surface area (Å²) in [4.78, 5) is 14.7. The van der Waals surface area contributed by atoms with Crippen LogP contribution in [0.4, 0.5) is 0 Å². The fraction of sp³-hybridized carbons (Fsp3) is 0.562. The van der Waals surface area contributed by atoms with Crippen molar-refractivity contribution in [3.8, 4) is 0 Å². The van der Waals surface area contributed by atoms with Gasteiger partial charge in [-0.2, -0.15) is 0 Å². The zero-order valence-corrected chi connectivity index (χ0v) is 13.7. The first-order chi connectivity index (χ1) is 10.0. The van der Waals surface area contributed by atoms with Crippen LogP contribution in [0, 0.1) is 5.92 Å². The summed E-state index contributed by atoms with van der Waals surface area (Å²) in [5, 5.41) is 4.76. The number of benzene rings is 1. The lowest BCUT2D eigenvalue weighted by Crippen LogP contribution is -2.45. The Labute approximate surface area is 135 Å². The van der Waals surface area contributed by atoms with E-state index in [-0.39, 0.29) is 11.8 Å². The fourth-order valence-corrected chi connectivity index (χ4v) is 4.04. The van der Waals surface area contributed by atoms with Crippen LogP contribution in [-0.4, -0.2) is 29.9 Å². The van der Waals surface area contributed by atoms with Crippen molar-refractivity contribution in [2.45, 2.75) is 38.8 Å². The minimum atomic E-state index is 0.150. The number of halogens is 2. The second kappa shape index (κ2) is 6.15. The molecule has 1 aromatic rings. The number of nitrogens with zero attached hydrogens (tertiary/aromatic N) is 1. The van der Waals surface area contributed by atoms with Gasteiger partial charge in [0.15, 0.2) is 0 Å². The second-order valence-electron chi connectivity index (χ2n) is 6.11. The number of carbonyl (C=O) groups excluding carboxylic acids is 1. The first kappa shape index (κ1) is 15.1. The van der Waals surface area contributed by atoms with Crippen LogP contribution in [0.3, 0.4) is 0 Å². The normalized spacial score (nSPS) is 25.6. The highest BCUT2D eigenvalue weighted by atomic mass is 35.5. The molecule has 1 aromatic carbocycles. The molecule has 114 valence electrons. The van der Waals surface area contributed by atoms with E-state index in [0.717, 1.165) is 48.5 Å². The number of carbonyl (C=O) groups is 1. The molecule has 0 radical (unpaired) electrons. The SMILES string of the molecule is C[C@H]1C[C@@H](C(=O)N2CCc3c(Cl)cc(Cl)cc3C2)CCN1. The number of nitrogens with one attached hydrogen (secondary N) is 1. The molecule has 1 saturated heterocycles. The van der Waals surface area contributed by atoms with E-state index in [9.17, 15) is 4.79 Å². The Morgan fingerprint density at radius 3 is 2.95 bits per heavy atom. The van der Waals surface area contributed by atoms with Crippen LogP contribution in [0.25, 0.3) is 0 Å². The van der Waals surface area contributed by atoms with Crippen molar-refractivity contribution in [1.82, 2.24) is 10.2 Å². The van der Waals surface area contributed by atoms with E-state index in [1.54, 1.807) is 6.07 Å². The minimum Gasteiger partial charge on any atom is -0.338 e. The third kappa shape index (κ3) is 3.20. The van der Waals surface area contributed by atoms with Gasteiger partial charge in [0.05, 0.1) is 0 Å². The van der Waals surface area contributed by atoms with Crippen molar-refractivity contribution in [3.05, 3.63) is 33.3 Å². The topological polar surface area (TPSA) is 32.3 Å². The standard InChI is InChI=1S/C16H20Cl2N2O/c1-10-6-11(2-4-19-10)16(21)20-5-3-14-12(9-20)7-13(17)8-15(14)18/h7-8,10-11,19H,2-6,9H2,1H3/t10-,11-/m0/s1. The molecule has 2 atom stereocenters. The van der Waals surface area contributed by atoms with E-state index in [0.29, 0.717) is 17.6 Å². The van der Waals surface area contributed by atoms with Crippen LogP contribution in [0.2, 0.25) is 10.0 Å². The van der Waals surface area contributed by atoms with Crippen molar-refractivity contribution in [2.75, 3.05) is 13.1 Å². The maximum atomic E-state index is 12.7. The molecule has 21 heavy (non-hydrogen) atoms. The van der Waals surface area contributed by atoms with Crippen molar-refractivity contribution in [1.29, 1.82) is 0 Å². The smallest absolute Gasteiger partial charge is 0.226 e. The molecule has 2 aliphatic rings. The van der Waals surface area contributed by atoms with Crippen LogP contribution in [0.1, 0.15) is 30.9 Å². The summed E-state index contributed by atoms with van der Waals surface area (Å²) in [5.41, 5.74) is 2.23. The molecule has 1 N–H and O–H groups in total. The maximum Gasteiger partial charge on any atom is 0.226 e. The molecule has 1 amide bonds. The van der Waals surface area contributed by atoms with Crippen molar-refractivity contribution in [2.24, 2.45) is 5.92 Å². The molecule has 5 heteroatoms. The Morgan fingerprint density at radius 2 is 2.19 bits per heavy atom. The Bertz CT molecular complexity index is 561. The number of rotatable bonds is 1. The summed E-state index contributed by atoms with van der Waals surface area (Å²) in [5.74, 6) is 0.433. The van der Waals surface area contributed by atoms with Crippen LogP contribution in [0.5, 0.6) is 0 Å². The van der Waals surface area contributed by atoms with Gasteiger partial charge in [0, 0.05) is 35.1 Å². The summed E-state index contributed by atoms with van der Waals surface area (Å²) in [6.07, 6.45) is 2.68. The molecule has 0 saturated carbocycles. The number of amides is 1. The van der Waals surface area contributed by atoms with Gasteiger partial charge in [0.25, 0.3) is 0 Å². The first-order valence-electron chi connectivity index (χ1n) is 7.53. The summed E-state index contributed by atoms with van der Waals surface area (Å²) in [6.45, 7) is 4.46. The van der Waals surface area contributed by atoms with Gasteiger partial charge in [-0.3, -0.25) is 4.79 Å². The van der Waals surface area contributed by atoms with Crippen molar-refractivity contribution < 1.29 is 4.79 Å². The van der Waals surface area contributed by atoms with E-state index in [1.165, 1.54) is 0 Å². The molecule has 3 rings (SSSR count). The molecule has 0 bridgehead atoms. The van der Waals surface area contributed by atoms with Crippen molar-refractivity contribution >= 4 is 29.1 Å². The van der Waals surface area contributed by atoms with Crippen LogP contribution < -0.4 is 5.32 Å². The van der Waals surface area contributed by atoms with E-state index in [2.05, 4.69) is 12.2 Å². The van der Waals surface area contributed by atoms with Crippen LogP contribution in [0.15, 0.2) is 12.1 Å². The molecule has 2 aliphatic heterocycles. The predicted molar refractivity (Wildman–Crippen MR) is 85.8 cm³/mol. The van der Waals surface area contributed by atoms with Gasteiger partial charge in [0.2, 0.25) is 5.91 Å². The first-order valence-corrected chi connectivity index (χ1v) is 8.29. The highest BCUT2D eigenvalue weighted by Crippen LogP contribution is 2.31. The lowest BCUT2D eigenvalue weighted by atomic mass is 9.90. The molecular formula is C16H20Cl2N2O. The third-order valence-electron chi connectivity index (χ3n) is 4.53. The number of hydrogen-bond donors (Lipinski definition) is 1. The average molecular weight is 327 g/mol. The Balaban J connectivity index is 1.75. The highest BCUT2D eigenvalue weighted by molar-refractivity contribution is 6.35. The summed E-state index contributed by atoms with van der Waals surface area (Å²) >= 11 is 12.3. The highest BCUT2D eigenvalue weighted by Gasteiger charge is 2.30. The lowest BCUT2D eigenvalue weighted by molar-refractivity contribution is -0.137. The summed E-state index contributed by atoms with van der Waals surface area (Å²) in [7, 11) is 0. The van der Waals surface area contributed by atoms with Crippen molar-refractivity contribution in [3.63, 3.8) is 0 Å². The monoisotopic (exact) mass is 326 g/mol. The molecule has 0 aliphatic carbocycles. The van der Waals surface area contributed by atoms with Gasteiger partial charge >= 0.3 is 0 Å². The fourth-order valence-electron chi connectivity index (χ4n) is 3.41. The second-order valence-corrected chi connectivity index (χ2v) is 6.96. The van der Waals surface area contributed by atoms with E-state index < -0.39 is 0 Å². The average Bonchev–Trinajstić information content (AvgIpc) is 2.45. The van der Waals surface area contributed by atoms with E-state index in [1.807, 2.05) is 11.0 Å². The molecule has 0 aromatic heterocycles. The van der Waals surface area contributed by atoms with Gasteiger partial charge in [-0.15, -0.1) is 0 Å². The van der Waals surface area contributed by atoms with E-state index in [4.69, 9.17) is 23.2 Å². The quantitative estimate of drug-likeness (QED) is 0.859. The van der Waals surface area contributed by atoms with Gasteiger partial charge in [0.1, 0.15) is 0 Å². The minimum absolute atomic E-state index is 0.150. The maximum absolute atomic E-state index is 12.7. The Morgan fingerprint density at radius 1 is 1.38 bits per heavy atom. The molecule has 1 fully saturated rings. The van der Waals surface area contributed by atoms with Gasteiger partial charge < -0.3 is 10.2 Å². The van der Waals surface area contributed by atoms with Crippen LogP contribution >= 0.6 is 23.2 Å². The van der Waals surface area contributed by atoms with E-state index >= 15 is 0 Å². The van der Waals surface area contributed by atoms with Gasteiger partial charge in [-0.25, -0.2) is 0 Å². The number of hydrogen-bond acceptors (Lipinski definition) is 2. The molecule has 3 nitrogen and oxygen atoms in total. The molecule has 0 unspecified atom stereocenters. The third-order valence-corrected chi connectivity index (χ3v) is 5.09. The molecule has 2 heterocycles. The van der Waals surface area contributed by atoms with Gasteiger partial charge in [-0.05, 0) is 56.0 Å². The number of fused-ring (bicyclic) bond motifs is 1. The zero-order chi connectivity index (χ0) is 15.0. The zero-order valence-electron chi connectivity index (χ0n) is 12.2. The number of piperidine rings is 1. The van der Waals surface area contributed by atoms with Crippen LogP contribution in [-0.2, 0) is 17.8 Å². The molecular weight excluding hydrogens is 307 g/mol. The predicted octanol–water partition coefficient (Wildman–Crippen LogP) is 3.27. The molecule has 0 spiro atoms. The summed E-state index contributed by atoms with van der Waals surface area (Å²) < 4.78 is 0. The Kier molecular flexibility index (Phi) is 4.43. The lowest BCUT2D eigenvalue weighted by Gasteiger charge is -2.35. The largest absolute Gasteiger partial charge is 0.338 e. The Hall–Kier alpha value is -0.770. The summed E-state index contributed by atoms with van der Waals surface area (Å²) in [6, 6.07) is 4.15.